The molecule has 8 aromatic carbocycles. The van der Waals surface area contributed by atoms with Gasteiger partial charge >= 0.3 is 0 Å². The Morgan fingerprint density at radius 3 is 1.44 bits per heavy atom. The van der Waals surface area contributed by atoms with Crippen LogP contribution in [-0.4, -0.2) is 15.4 Å². The average Bonchev–Trinajstić information content (AvgIpc) is 3.65. The third-order valence-electron chi connectivity index (χ3n) is 10.3. The molecule has 0 N–H and O–H groups in total. The Hall–Kier alpha value is -7.43. The van der Waals surface area contributed by atoms with Crippen LogP contribution in [0, 0.1) is 0 Å². The average molecular weight is 704 g/mol. The molecule has 0 spiro atoms. The number of hydrogen-bond acceptors (Lipinski definition) is 4. The van der Waals surface area contributed by atoms with Gasteiger partial charge in [0.15, 0.2) is 0 Å². The number of para-hydroxylation sites is 1. The summed E-state index contributed by atoms with van der Waals surface area (Å²) >= 11 is 0. The minimum absolute atomic E-state index is 0.748. The van der Waals surface area contributed by atoms with Gasteiger partial charge in [-0.15, -0.1) is 10.2 Å². The highest BCUT2D eigenvalue weighted by molar-refractivity contribution is 6.21. The second-order valence-electron chi connectivity index (χ2n) is 13.6. The molecule has 0 saturated heterocycles. The van der Waals surface area contributed by atoms with Crippen molar-refractivity contribution < 1.29 is 4.42 Å². The molecule has 0 bridgehead atoms. The second kappa shape index (κ2) is 13.8. The maximum atomic E-state index is 6.79. The molecule has 0 aliphatic carbocycles. The summed E-state index contributed by atoms with van der Waals surface area (Å²) in [5, 5.41) is 16.3. The minimum atomic E-state index is 0.748. The fraction of sp³-hybridized carbons (Fsp3) is 0. The molecule has 0 fully saturated rings. The Kier molecular flexibility index (Phi) is 8.12. The summed E-state index contributed by atoms with van der Waals surface area (Å²) in [5.41, 5.74) is 15.7. The molecule has 10 rings (SSSR count). The molecule has 2 aromatic heterocycles. The van der Waals surface area contributed by atoms with Crippen molar-refractivity contribution in [3.05, 3.63) is 200 Å². The summed E-state index contributed by atoms with van der Waals surface area (Å²) in [6.45, 7) is 0. The lowest BCUT2D eigenvalue weighted by atomic mass is 9.79. The van der Waals surface area contributed by atoms with Gasteiger partial charge in [0, 0.05) is 38.6 Å². The first-order chi connectivity index (χ1) is 27.3. The largest absolute Gasteiger partial charge is 0.456 e. The zero-order chi connectivity index (χ0) is 36.6. The number of nitrogens with zero attached hydrogens (tertiary/aromatic N) is 3. The van der Waals surface area contributed by atoms with E-state index in [-0.39, 0.29) is 0 Å². The molecule has 4 heteroatoms. The van der Waals surface area contributed by atoms with Gasteiger partial charge in [0.1, 0.15) is 22.6 Å². The van der Waals surface area contributed by atoms with E-state index < -0.39 is 0 Å². The summed E-state index contributed by atoms with van der Waals surface area (Å²) in [5.74, 6) is 0. The normalized spacial score (nSPS) is 11.3. The van der Waals surface area contributed by atoms with Gasteiger partial charge in [-0.2, -0.15) is 0 Å². The van der Waals surface area contributed by atoms with Crippen molar-refractivity contribution in [1.29, 1.82) is 0 Å². The van der Waals surface area contributed by atoms with Gasteiger partial charge in [-0.05, 0) is 56.3 Å². The first-order valence-corrected chi connectivity index (χ1v) is 18.5. The monoisotopic (exact) mass is 703 g/mol. The molecular formula is C51H33N3O. The molecule has 55 heavy (non-hydrogen) atoms. The molecule has 0 amide bonds. The lowest BCUT2D eigenvalue weighted by molar-refractivity contribution is 0.669. The van der Waals surface area contributed by atoms with Crippen molar-refractivity contribution >= 4 is 21.9 Å². The van der Waals surface area contributed by atoms with Gasteiger partial charge in [-0.1, -0.05) is 188 Å². The Balaban J connectivity index is 1.43. The molecule has 0 saturated carbocycles. The van der Waals surface area contributed by atoms with Crippen LogP contribution < -0.4 is 0 Å². The van der Waals surface area contributed by atoms with Gasteiger partial charge in [0.05, 0.1) is 0 Å². The first kappa shape index (κ1) is 32.2. The smallest absolute Gasteiger partial charge is 0.136 e. The Morgan fingerprint density at radius 2 is 0.800 bits per heavy atom. The van der Waals surface area contributed by atoms with Crippen molar-refractivity contribution in [2.75, 3.05) is 0 Å². The van der Waals surface area contributed by atoms with Crippen LogP contribution in [0.2, 0.25) is 0 Å². The molecule has 4 nitrogen and oxygen atoms in total. The predicted molar refractivity (Wildman–Crippen MR) is 225 cm³/mol. The van der Waals surface area contributed by atoms with Gasteiger partial charge in [-0.3, -0.25) is 0 Å². The van der Waals surface area contributed by atoms with E-state index >= 15 is 0 Å². The van der Waals surface area contributed by atoms with Crippen molar-refractivity contribution in [3.63, 3.8) is 0 Å². The van der Waals surface area contributed by atoms with Crippen molar-refractivity contribution in [1.82, 2.24) is 15.4 Å². The zero-order valence-corrected chi connectivity index (χ0v) is 29.8. The zero-order valence-electron chi connectivity index (χ0n) is 29.8. The Bertz CT molecular complexity index is 2940. The number of rotatable bonds is 7. The molecule has 0 atom stereocenters. The van der Waals surface area contributed by atoms with Crippen molar-refractivity contribution in [3.8, 4) is 78.1 Å². The number of hydrogen-bond donors (Lipinski definition) is 0. The SMILES string of the molecule is c1ccc(-c2cccc(-c3nnnc(-c4ccccc4)c3-c3ccccc3)c2-c2c(-c3ccccc3)c(-c3ccccc3)cc3oc4ccccc4c23)cc1. The van der Waals surface area contributed by atoms with E-state index in [0.717, 1.165) is 100 Å². The maximum Gasteiger partial charge on any atom is 0.136 e. The molecule has 2 heterocycles. The molecule has 10 aromatic rings. The highest BCUT2D eigenvalue weighted by Gasteiger charge is 2.28. The second-order valence-corrected chi connectivity index (χ2v) is 13.6. The standard InChI is InChI=1S/C51H33N3O/c1-6-19-34(20-7-1)39-30-18-31-41(51-46(37-25-12-4-13-26-37)50(52-54-53-51)38-27-14-5-15-28-38)47(39)49-45(36-23-10-3-11-24-36)42(35-21-8-2-9-22-35)33-44-48(49)40-29-16-17-32-43(40)55-44/h1-33H. The molecule has 0 unspecified atom stereocenters. The van der Waals surface area contributed by atoms with E-state index in [2.05, 4.69) is 175 Å². The summed E-state index contributed by atoms with van der Waals surface area (Å²) in [4.78, 5) is 0. The van der Waals surface area contributed by atoms with Crippen LogP contribution >= 0.6 is 0 Å². The van der Waals surface area contributed by atoms with Gasteiger partial charge in [0.25, 0.3) is 0 Å². The molecule has 258 valence electrons. The maximum absolute atomic E-state index is 6.79. The predicted octanol–water partition coefficient (Wildman–Crippen LogP) is 13.4. The van der Waals surface area contributed by atoms with Gasteiger partial charge in [0.2, 0.25) is 0 Å². The van der Waals surface area contributed by atoms with Crippen LogP contribution in [0.5, 0.6) is 0 Å². The summed E-state index contributed by atoms with van der Waals surface area (Å²) in [7, 11) is 0. The summed E-state index contributed by atoms with van der Waals surface area (Å²) in [6, 6.07) is 69.8. The highest BCUT2D eigenvalue weighted by Crippen LogP contribution is 2.53. The van der Waals surface area contributed by atoms with E-state index in [4.69, 9.17) is 14.6 Å². The van der Waals surface area contributed by atoms with E-state index in [0.29, 0.717) is 0 Å². The van der Waals surface area contributed by atoms with E-state index in [1.807, 2.05) is 30.3 Å². The minimum Gasteiger partial charge on any atom is -0.456 e. The van der Waals surface area contributed by atoms with Crippen LogP contribution in [0.3, 0.4) is 0 Å². The fourth-order valence-corrected chi connectivity index (χ4v) is 7.95. The van der Waals surface area contributed by atoms with E-state index in [1.165, 1.54) is 0 Å². The van der Waals surface area contributed by atoms with Crippen LogP contribution in [0.25, 0.3) is 100 Å². The third kappa shape index (κ3) is 5.68. The van der Waals surface area contributed by atoms with E-state index in [9.17, 15) is 0 Å². The Morgan fingerprint density at radius 1 is 0.309 bits per heavy atom. The number of fused-ring (bicyclic) bond motifs is 3. The first-order valence-electron chi connectivity index (χ1n) is 18.5. The van der Waals surface area contributed by atoms with Crippen LogP contribution in [0.1, 0.15) is 0 Å². The van der Waals surface area contributed by atoms with Crippen molar-refractivity contribution in [2.45, 2.75) is 0 Å². The van der Waals surface area contributed by atoms with Gasteiger partial charge < -0.3 is 4.42 Å². The molecule has 0 aliphatic rings. The lowest BCUT2D eigenvalue weighted by Crippen LogP contribution is -2.03. The highest BCUT2D eigenvalue weighted by atomic mass is 16.3. The number of aromatic nitrogens is 3. The lowest BCUT2D eigenvalue weighted by Gasteiger charge is -2.23. The van der Waals surface area contributed by atoms with E-state index in [1.54, 1.807) is 0 Å². The molecule has 0 aliphatic heterocycles. The van der Waals surface area contributed by atoms with Crippen LogP contribution in [-0.2, 0) is 0 Å². The summed E-state index contributed by atoms with van der Waals surface area (Å²) in [6.07, 6.45) is 0. The molecule has 0 radical (unpaired) electrons. The fourth-order valence-electron chi connectivity index (χ4n) is 7.95. The Labute approximate surface area is 319 Å². The number of benzene rings is 8. The van der Waals surface area contributed by atoms with Crippen LogP contribution in [0.15, 0.2) is 205 Å². The molecular weight excluding hydrogens is 671 g/mol. The quantitative estimate of drug-likeness (QED) is 0.166. The van der Waals surface area contributed by atoms with Crippen molar-refractivity contribution in [2.24, 2.45) is 0 Å². The van der Waals surface area contributed by atoms with Crippen LogP contribution in [0.4, 0.5) is 0 Å². The topological polar surface area (TPSA) is 51.8 Å². The summed E-state index contributed by atoms with van der Waals surface area (Å²) < 4.78 is 6.79. The number of furan rings is 1. The third-order valence-corrected chi connectivity index (χ3v) is 10.3. The van der Waals surface area contributed by atoms with Gasteiger partial charge in [-0.25, -0.2) is 0 Å².